The molecule has 20 heavy (non-hydrogen) atoms. The first-order chi connectivity index (χ1) is 9.56. The first-order valence-corrected chi connectivity index (χ1v) is 6.96. The lowest BCUT2D eigenvalue weighted by Gasteiger charge is -2.15. The Hall–Kier alpha value is -1.59. The van der Waals surface area contributed by atoms with Crippen LogP contribution in [-0.2, 0) is 6.42 Å². The maximum Gasteiger partial charge on any atom is 0.138 e. The number of hydrogen-bond donors (Lipinski definition) is 1. The molecule has 1 aromatic heterocycles. The van der Waals surface area contributed by atoms with Crippen molar-refractivity contribution in [3.63, 3.8) is 0 Å². The van der Waals surface area contributed by atoms with Gasteiger partial charge in [-0.1, -0.05) is 17.7 Å². The van der Waals surface area contributed by atoms with Crippen LogP contribution in [0.2, 0.25) is 5.02 Å². The summed E-state index contributed by atoms with van der Waals surface area (Å²) in [4.78, 5) is 4.24. The van der Waals surface area contributed by atoms with Crippen LogP contribution in [0.3, 0.4) is 0 Å². The van der Waals surface area contributed by atoms with E-state index in [9.17, 15) is 0 Å². The fourth-order valence-electron chi connectivity index (χ4n) is 1.90. The van der Waals surface area contributed by atoms with Gasteiger partial charge in [-0.15, -0.1) is 0 Å². The molecule has 108 valence electrons. The number of benzene rings is 1. The molecule has 2 N–H and O–H groups in total. The molecular formula is C14H19ClN4O. The summed E-state index contributed by atoms with van der Waals surface area (Å²) >= 11 is 5.90. The molecule has 0 radical (unpaired) electrons. The molecule has 2 rings (SSSR count). The summed E-state index contributed by atoms with van der Waals surface area (Å²) < 4.78 is 7.51. The number of aromatic nitrogens is 3. The van der Waals surface area contributed by atoms with Gasteiger partial charge in [0.05, 0.1) is 0 Å². The molecule has 0 spiro atoms. The highest BCUT2D eigenvalue weighted by Crippen LogP contribution is 2.17. The number of nitrogens with zero attached hydrogens (tertiary/aromatic N) is 3. The zero-order valence-electron chi connectivity index (χ0n) is 11.7. The predicted molar refractivity (Wildman–Crippen MR) is 79.0 cm³/mol. The van der Waals surface area contributed by atoms with E-state index in [2.05, 4.69) is 23.9 Å². The lowest BCUT2D eigenvalue weighted by molar-refractivity contribution is 0.284. The Labute approximate surface area is 123 Å². The average molecular weight is 295 g/mol. The highest BCUT2D eigenvalue weighted by atomic mass is 35.5. The maximum absolute atomic E-state index is 6.08. The van der Waals surface area contributed by atoms with Crippen molar-refractivity contribution >= 4 is 11.6 Å². The highest BCUT2D eigenvalue weighted by Gasteiger charge is 2.12. The topological polar surface area (TPSA) is 66.0 Å². The van der Waals surface area contributed by atoms with E-state index >= 15 is 0 Å². The highest BCUT2D eigenvalue weighted by molar-refractivity contribution is 6.30. The van der Waals surface area contributed by atoms with E-state index in [1.165, 1.54) is 0 Å². The second-order valence-electron chi connectivity index (χ2n) is 4.95. The Morgan fingerprint density at radius 2 is 2.20 bits per heavy atom. The molecule has 1 heterocycles. The zero-order valence-corrected chi connectivity index (χ0v) is 12.4. The summed E-state index contributed by atoms with van der Waals surface area (Å²) in [5, 5.41) is 4.84. The summed E-state index contributed by atoms with van der Waals surface area (Å²) in [6.45, 7) is 4.53. The van der Waals surface area contributed by atoms with Gasteiger partial charge in [-0.2, -0.15) is 5.10 Å². The van der Waals surface area contributed by atoms with Gasteiger partial charge in [0.2, 0.25) is 0 Å². The van der Waals surface area contributed by atoms with E-state index < -0.39 is 0 Å². The molecule has 0 aliphatic heterocycles. The Balaban J connectivity index is 1.89. The van der Waals surface area contributed by atoms with Crippen LogP contribution in [0.4, 0.5) is 0 Å². The normalized spacial score (nSPS) is 12.7. The van der Waals surface area contributed by atoms with Crippen LogP contribution in [0.5, 0.6) is 5.75 Å². The molecule has 1 unspecified atom stereocenters. The number of halogens is 1. The largest absolute Gasteiger partial charge is 0.492 e. The second kappa shape index (κ2) is 6.72. The number of nitrogens with two attached hydrogens (primary N) is 1. The molecule has 0 saturated heterocycles. The predicted octanol–water partition coefficient (Wildman–Crippen LogP) is 2.46. The van der Waals surface area contributed by atoms with Gasteiger partial charge in [-0.25, -0.2) is 9.67 Å². The minimum atomic E-state index is -0.143. The van der Waals surface area contributed by atoms with Gasteiger partial charge in [0.15, 0.2) is 0 Å². The second-order valence-corrected chi connectivity index (χ2v) is 5.38. The molecule has 2 aromatic rings. The SMILES string of the molecule is CC(C)n1ncnc1CC(N)COc1cccc(Cl)c1. The van der Waals surface area contributed by atoms with Gasteiger partial charge >= 0.3 is 0 Å². The van der Waals surface area contributed by atoms with Crippen molar-refractivity contribution in [2.24, 2.45) is 5.73 Å². The minimum Gasteiger partial charge on any atom is -0.492 e. The maximum atomic E-state index is 6.08. The average Bonchev–Trinajstić information content (AvgIpc) is 2.85. The van der Waals surface area contributed by atoms with Crippen molar-refractivity contribution < 1.29 is 4.74 Å². The van der Waals surface area contributed by atoms with Crippen LogP contribution in [-0.4, -0.2) is 27.4 Å². The van der Waals surface area contributed by atoms with Gasteiger partial charge in [0.1, 0.15) is 24.5 Å². The van der Waals surface area contributed by atoms with Crippen LogP contribution >= 0.6 is 11.6 Å². The van der Waals surface area contributed by atoms with Crippen LogP contribution in [0.1, 0.15) is 25.7 Å². The Morgan fingerprint density at radius 1 is 1.40 bits per heavy atom. The summed E-state index contributed by atoms with van der Waals surface area (Å²) in [6, 6.07) is 7.40. The first kappa shape index (κ1) is 14.8. The third kappa shape index (κ3) is 3.95. The summed E-state index contributed by atoms with van der Waals surface area (Å²) in [7, 11) is 0. The van der Waals surface area contributed by atoms with Crippen molar-refractivity contribution in [1.29, 1.82) is 0 Å². The molecule has 0 amide bonds. The van der Waals surface area contributed by atoms with E-state index in [4.69, 9.17) is 22.1 Å². The molecule has 0 saturated carbocycles. The van der Waals surface area contributed by atoms with Gasteiger partial charge < -0.3 is 10.5 Å². The van der Waals surface area contributed by atoms with Crippen molar-refractivity contribution in [2.75, 3.05) is 6.61 Å². The Morgan fingerprint density at radius 3 is 2.90 bits per heavy atom. The van der Waals surface area contributed by atoms with Gasteiger partial charge in [0.25, 0.3) is 0 Å². The first-order valence-electron chi connectivity index (χ1n) is 6.58. The standard InChI is InChI=1S/C14H19ClN4O/c1-10(2)19-14(17-9-18-19)7-12(16)8-20-13-5-3-4-11(15)6-13/h3-6,9-10,12H,7-8,16H2,1-2H3. The molecule has 6 heteroatoms. The van der Waals surface area contributed by atoms with Gasteiger partial charge in [-0.05, 0) is 32.0 Å². The molecule has 1 aromatic carbocycles. The quantitative estimate of drug-likeness (QED) is 0.889. The molecule has 0 fully saturated rings. The van der Waals surface area contributed by atoms with E-state index in [0.717, 1.165) is 11.6 Å². The van der Waals surface area contributed by atoms with Crippen molar-refractivity contribution in [1.82, 2.24) is 14.8 Å². The van der Waals surface area contributed by atoms with E-state index in [1.807, 2.05) is 16.8 Å². The number of rotatable bonds is 6. The van der Waals surface area contributed by atoms with Crippen LogP contribution in [0.15, 0.2) is 30.6 Å². The third-order valence-electron chi connectivity index (χ3n) is 2.84. The van der Waals surface area contributed by atoms with E-state index in [-0.39, 0.29) is 12.1 Å². The number of hydrogen-bond acceptors (Lipinski definition) is 4. The monoisotopic (exact) mass is 294 g/mol. The summed E-state index contributed by atoms with van der Waals surface area (Å²) in [6.07, 6.45) is 2.18. The van der Waals surface area contributed by atoms with Gasteiger partial charge in [-0.3, -0.25) is 0 Å². The van der Waals surface area contributed by atoms with E-state index in [1.54, 1.807) is 18.5 Å². The molecule has 0 bridgehead atoms. The van der Waals surface area contributed by atoms with Crippen molar-refractivity contribution in [3.8, 4) is 5.75 Å². The molecule has 1 atom stereocenters. The lowest BCUT2D eigenvalue weighted by Crippen LogP contribution is -2.31. The fourth-order valence-corrected chi connectivity index (χ4v) is 2.09. The van der Waals surface area contributed by atoms with Gasteiger partial charge in [0, 0.05) is 23.5 Å². The van der Waals surface area contributed by atoms with E-state index in [0.29, 0.717) is 18.1 Å². The molecule has 0 aliphatic rings. The summed E-state index contributed by atoms with van der Waals surface area (Å²) in [5.41, 5.74) is 6.08. The fraction of sp³-hybridized carbons (Fsp3) is 0.429. The van der Waals surface area contributed by atoms with Crippen LogP contribution in [0, 0.1) is 0 Å². The third-order valence-corrected chi connectivity index (χ3v) is 3.08. The van der Waals surface area contributed by atoms with Crippen molar-refractivity contribution in [3.05, 3.63) is 41.4 Å². The Kier molecular flexibility index (Phi) is 4.98. The minimum absolute atomic E-state index is 0.143. The summed E-state index contributed by atoms with van der Waals surface area (Å²) in [5.74, 6) is 1.60. The lowest BCUT2D eigenvalue weighted by atomic mass is 10.2. The van der Waals surface area contributed by atoms with Crippen LogP contribution in [0.25, 0.3) is 0 Å². The van der Waals surface area contributed by atoms with Crippen molar-refractivity contribution in [2.45, 2.75) is 32.4 Å². The number of ether oxygens (including phenoxy) is 1. The smallest absolute Gasteiger partial charge is 0.138 e. The van der Waals surface area contributed by atoms with Crippen LogP contribution < -0.4 is 10.5 Å². The molecule has 0 aliphatic carbocycles. The molecule has 5 nitrogen and oxygen atoms in total. The zero-order chi connectivity index (χ0) is 14.5. The Bertz CT molecular complexity index is 556. The molecular weight excluding hydrogens is 276 g/mol.